The van der Waals surface area contributed by atoms with Gasteiger partial charge in [-0.15, -0.1) is 0 Å². The van der Waals surface area contributed by atoms with Gasteiger partial charge < -0.3 is 10.1 Å². The third-order valence-electron chi connectivity index (χ3n) is 3.95. The first-order valence-corrected chi connectivity index (χ1v) is 8.19. The van der Waals surface area contributed by atoms with Crippen LogP contribution in [-0.4, -0.2) is 25.8 Å². The van der Waals surface area contributed by atoms with Gasteiger partial charge in [0.05, 0.1) is 6.10 Å². The van der Waals surface area contributed by atoms with Crippen LogP contribution in [-0.2, 0) is 4.74 Å². The molecule has 0 aromatic heterocycles. The molecule has 18 heavy (non-hydrogen) atoms. The van der Waals surface area contributed by atoms with Gasteiger partial charge >= 0.3 is 0 Å². The molecule has 2 heteroatoms. The highest BCUT2D eigenvalue weighted by atomic mass is 16.5. The molecule has 0 aromatic rings. The van der Waals surface area contributed by atoms with Crippen molar-refractivity contribution in [2.24, 2.45) is 5.92 Å². The van der Waals surface area contributed by atoms with E-state index < -0.39 is 0 Å². The summed E-state index contributed by atoms with van der Waals surface area (Å²) in [5.74, 6) is 0.832. The first-order chi connectivity index (χ1) is 8.86. The van der Waals surface area contributed by atoms with Crippen molar-refractivity contribution in [2.75, 3.05) is 19.7 Å². The van der Waals surface area contributed by atoms with Crippen LogP contribution in [0.1, 0.15) is 71.6 Å². The van der Waals surface area contributed by atoms with Crippen molar-refractivity contribution < 1.29 is 4.74 Å². The lowest BCUT2D eigenvalue weighted by Crippen LogP contribution is -2.31. The van der Waals surface area contributed by atoms with E-state index in [9.17, 15) is 0 Å². The topological polar surface area (TPSA) is 21.3 Å². The van der Waals surface area contributed by atoms with E-state index in [1.54, 1.807) is 0 Å². The highest BCUT2D eigenvalue weighted by Gasteiger charge is 2.15. The Kier molecular flexibility index (Phi) is 9.59. The monoisotopic (exact) mass is 255 g/mol. The molecule has 0 amide bonds. The van der Waals surface area contributed by atoms with Gasteiger partial charge in [0.25, 0.3) is 0 Å². The van der Waals surface area contributed by atoms with Crippen LogP contribution in [0.5, 0.6) is 0 Å². The van der Waals surface area contributed by atoms with Gasteiger partial charge in [0.2, 0.25) is 0 Å². The Balaban J connectivity index is 2.17. The molecule has 108 valence electrons. The normalized spacial score (nSPS) is 19.7. The van der Waals surface area contributed by atoms with Crippen molar-refractivity contribution in [3.8, 4) is 0 Å². The standard InChI is InChI=1S/C16H33NO/c1-3-9-16(13-17-12-4-2)18-14-15-10-7-5-6-8-11-15/h15-17H,3-14H2,1-2H3. The summed E-state index contributed by atoms with van der Waals surface area (Å²) >= 11 is 0. The second-order valence-electron chi connectivity index (χ2n) is 5.81. The average Bonchev–Trinajstić information content (AvgIpc) is 2.65. The van der Waals surface area contributed by atoms with Gasteiger partial charge in [-0.1, -0.05) is 46.0 Å². The molecule has 0 saturated heterocycles. The Hall–Kier alpha value is -0.0800. The van der Waals surface area contributed by atoms with Crippen LogP contribution in [0.15, 0.2) is 0 Å². The predicted octanol–water partition coefficient (Wildman–Crippen LogP) is 4.14. The van der Waals surface area contributed by atoms with Gasteiger partial charge in [-0.2, -0.15) is 0 Å². The summed E-state index contributed by atoms with van der Waals surface area (Å²) in [4.78, 5) is 0. The third kappa shape index (κ3) is 7.38. The zero-order valence-corrected chi connectivity index (χ0v) is 12.5. The van der Waals surface area contributed by atoms with Gasteiger partial charge in [-0.05, 0) is 38.1 Å². The minimum Gasteiger partial charge on any atom is -0.377 e. The highest BCUT2D eigenvalue weighted by Crippen LogP contribution is 2.23. The zero-order valence-electron chi connectivity index (χ0n) is 12.5. The number of hydrogen-bond acceptors (Lipinski definition) is 2. The molecule has 0 heterocycles. The quantitative estimate of drug-likeness (QED) is 0.494. The summed E-state index contributed by atoms with van der Waals surface area (Å²) in [6.07, 6.45) is 12.6. The van der Waals surface area contributed by atoms with Crippen LogP contribution in [0.2, 0.25) is 0 Å². The summed E-state index contributed by atoms with van der Waals surface area (Å²) in [6.45, 7) is 7.62. The van der Waals surface area contributed by atoms with E-state index in [0.717, 1.165) is 25.6 Å². The van der Waals surface area contributed by atoms with E-state index in [0.29, 0.717) is 6.10 Å². The molecule has 1 rings (SSSR count). The summed E-state index contributed by atoms with van der Waals surface area (Å²) in [7, 11) is 0. The predicted molar refractivity (Wildman–Crippen MR) is 79.0 cm³/mol. The molecule has 1 atom stereocenters. The molecule has 0 radical (unpaired) electrons. The minimum atomic E-state index is 0.435. The molecule has 1 saturated carbocycles. The molecular formula is C16H33NO. The van der Waals surface area contributed by atoms with Gasteiger partial charge in [0.1, 0.15) is 0 Å². The Bertz CT molecular complexity index is 176. The summed E-state index contributed by atoms with van der Waals surface area (Å²) in [5, 5.41) is 3.50. The van der Waals surface area contributed by atoms with Crippen molar-refractivity contribution in [2.45, 2.75) is 77.7 Å². The Morgan fingerprint density at radius 2 is 1.78 bits per heavy atom. The molecular weight excluding hydrogens is 222 g/mol. The highest BCUT2D eigenvalue weighted by molar-refractivity contribution is 4.67. The van der Waals surface area contributed by atoms with Gasteiger partial charge in [-0.25, -0.2) is 0 Å². The third-order valence-corrected chi connectivity index (χ3v) is 3.95. The number of hydrogen-bond donors (Lipinski definition) is 1. The Morgan fingerprint density at radius 1 is 1.06 bits per heavy atom. The lowest BCUT2D eigenvalue weighted by Gasteiger charge is -2.21. The zero-order chi connectivity index (χ0) is 13.1. The SMILES string of the molecule is CCCNCC(CCC)OCC1CCCCCC1. The molecule has 0 aliphatic heterocycles. The fraction of sp³-hybridized carbons (Fsp3) is 1.00. The number of rotatable bonds is 9. The first-order valence-electron chi connectivity index (χ1n) is 8.19. The summed E-state index contributed by atoms with van der Waals surface area (Å²) in [6, 6.07) is 0. The molecule has 1 N–H and O–H groups in total. The smallest absolute Gasteiger partial charge is 0.0699 e. The van der Waals surface area contributed by atoms with Crippen LogP contribution in [0.25, 0.3) is 0 Å². The first kappa shape index (κ1) is 16.0. The van der Waals surface area contributed by atoms with Crippen LogP contribution in [0.4, 0.5) is 0 Å². The van der Waals surface area contributed by atoms with Gasteiger partial charge in [0, 0.05) is 13.2 Å². The second kappa shape index (κ2) is 10.8. The molecule has 1 aliphatic rings. The van der Waals surface area contributed by atoms with E-state index in [-0.39, 0.29) is 0 Å². The van der Waals surface area contributed by atoms with Crippen LogP contribution >= 0.6 is 0 Å². The van der Waals surface area contributed by atoms with Crippen molar-refractivity contribution in [3.63, 3.8) is 0 Å². The molecule has 0 aromatic carbocycles. The molecule has 0 spiro atoms. The summed E-state index contributed by atoms with van der Waals surface area (Å²) < 4.78 is 6.16. The van der Waals surface area contributed by atoms with Crippen LogP contribution in [0.3, 0.4) is 0 Å². The van der Waals surface area contributed by atoms with Crippen molar-refractivity contribution >= 4 is 0 Å². The Labute approximate surface area is 114 Å². The maximum Gasteiger partial charge on any atom is 0.0699 e. The maximum atomic E-state index is 6.16. The van der Waals surface area contributed by atoms with E-state index >= 15 is 0 Å². The fourth-order valence-corrected chi connectivity index (χ4v) is 2.81. The molecule has 1 aliphatic carbocycles. The minimum absolute atomic E-state index is 0.435. The lowest BCUT2D eigenvalue weighted by atomic mass is 10.0. The van der Waals surface area contributed by atoms with Gasteiger partial charge in [0.15, 0.2) is 0 Å². The number of ether oxygens (including phenoxy) is 1. The van der Waals surface area contributed by atoms with Crippen molar-refractivity contribution in [1.29, 1.82) is 0 Å². The van der Waals surface area contributed by atoms with E-state index in [1.807, 2.05) is 0 Å². The van der Waals surface area contributed by atoms with E-state index in [4.69, 9.17) is 4.74 Å². The summed E-state index contributed by atoms with van der Waals surface area (Å²) in [5.41, 5.74) is 0. The van der Waals surface area contributed by atoms with E-state index in [1.165, 1.54) is 57.8 Å². The van der Waals surface area contributed by atoms with Crippen molar-refractivity contribution in [1.82, 2.24) is 5.32 Å². The molecule has 0 bridgehead atoms. The molecule has 1 fully saturated rings. The largest absolute Gasteiger partial charge is 0.377 e. The van der Waals surface area contributed by atoms with Gasteiger partial charge in [-0.3, -0.25) is 0 Å². The van der Waals surface area contributed by atoms with Crippen molar-refractivity contribution in [3.05, 3.63) is 0 Å². The lowest BCUT2D eigenvalue weighted by molar-refractivity contribution is 0.0210. The van der Waals surface area contributed by atoms with E-state index in [2.05, 4.69) is 19.2 Å². The molecule has 1 unspecified atom stereocenters. The average molecular weight is 255 g/mol. The fourth-order valence-electron chi connectivity index (χ4n) is 2.81. The number of nitrogens with one attached hydrogen (secondary N) is 1. The van der Waals surface area contributed by atoms with Crippen LogP contribution < -0.4 is 5.32 Å². The Morgan fingerprint density at radius 3 is 2.39 bits per heavy atom. The maximum absolute atomic E-state index is 6.16. The van der Waals surface area contributed by atoms with Crippen LogP contribution in [0, 0.1) is 5.92 Å². The molecule has 2 nitrogen and oxygen atoms in total. The second-order valence-corrected chi connectivity index (χ2v) is 5.81.